The van der Waals surface area contributed by atoms with E-state index in [-0.39, 0.29) is 30.3 Å². The number of amides is 2. The fourth-order valence-corrected chi connectivity index (χ4v) is 8.56. The van der Waals surface area contributed by atoms with Crippen LogP contribution in [0.4, 0.5) is 9.59 Å². The van der Waals surface area contributed by atoms with Crippen LogP contribution in [0.3, 0.4) is 0 Å². The van der Waals surface area contributed by atoms with E-state index in [2.05, 4.69) is 65.6 Å². The number of hydrogen-bond acceptors (Lipinski definition) is 6. The molecule has 4 aromatic rings. The number of nitrogens with one attached hydrogen (secondary N) is 1. The van der Waals surface area contributed by atoms with E-state index in [1.165, 1.54) is 5.57 Å². The Morgan fingerprint density at radius 2 is 1.23 bits per heavy atom. The molecule has 9 heteroatoms. The predicted octanol–water partition coefficient (Wildman–Crippen LogP) is 9.55. The Hall–Kier alpha value is -4.92. The number of aliphatic imine (C=N–C) groups is 1. The number of piperidine rings is 2. The van der Waals surface area contributed by atoms with E-state index < -0.39 is 11.2 Å². The first-order chi connectivity index (χ1) is 24.8. The monoisotopic (exact) mass is 697 g/mol. The third-order valence-corrected chi connectivity index (χ3v) is 11.2. The van der Waals surface area contributed by atoms with E-state index in [9.17, 15) is 9.59 Å². The minimum atomic E-state index is -0.532. The Morgan fingerprint density at radius 1 is 0.692 bits per heavy atom. The molecule has 0 radical (unpaired) electrons. The van der Waals surface area contributed by atoms with Crippen molar-refractivity contribution >= 4 is 34.2 Å². The Labute approximate surface area is 305 Å². The number of rotatable bonds is 5. The van der Waals surface area contributed by atoms with Crippen molar-refractivity contribution in [3.63, 3.8) is 0 Å². The lowest BCUT2D eigenvalue weighted by atomic mass is 9.95. The third-order valence-electron chi connectivity index (χ3n) is 11.2. The molecule has 3 aliphatic heterocycles. The van der Waals surface area contributed by atoms with Gasteiger partial charge in [-0.25, -0.2) is 14.6 Å². The lowest BCUT2D eigenvalue weighted by Crippen LogP contribution is -2.45. The maximum absolute atomic E-state index is 13.1. The van der Waals surface area contributed by atoms with Crippen molar-refractivity contribution in [2.45, 2.75) is 109 Å². The second-order valence-electron chi connectivity index (χ2n) is 17.4. The molecule has 0 spiro atoms. The summed E-state index contributed by atoms with van der Waals surface area (Å²) in [6, 6.07) is 22.3. The van der Waals surface area contributed by atoms with Crippen LogP contribution in [0.15, 0.2) is 78.1 Å². The van der Waals surface area contributed by atoms with Crippen molar-refractivity contribution < 1.29 is 19.1 Å². The topological polar surface area (TPSA) is 100 Å². The molecule has 4 fully saturated rings. The molecule has 268 valence electrons. The van der Waals surface area contributed by atoms with Gasteiger partial charge in [-0.2, -0.15) is 0 Å². The van der Waals surface area contributed by atoms with Crippen LogP contribution in [0.5, 0.6) is 0 Å². The molecule has 9 rings (SSSR count). The van der Waals surface area contributed by atoms with Gasteiger partial charge in [0.1, 0.15) is 17.0 Å². The van der Waals surface area contributed by atoms with Crippen molar-refractivity contribution in [1.29, 1.82) is 0 Å². The van der Waals surface area contributed by atoms with Crippen LogP contribution in [0, 0.1) is 11.8 Å². The molecule has 5 aliphatic rings. The smallest absolute Gasteiger partial charge is 0.411 e. The second kappa shape index (κ2) is 11.8. The fourth-order valence-electron chi connectivity index (χ4n) is 8.56. The van der Waals surface area contributed by atoms with Crippen LogP contribution >= 0.6 is 0 Å². The summed E-state index contributed by atoms with van der Waals surface area (Å²) in [5.41, 5.74) is 6.68. The number of ether oxygens (including phenoxy) is 2. The Morgan fingerprint density at radius 3 is 1.87 bits per heavy atom. The van der Waals surface area contributed by atoms with Gasteiger partial charge in [0, 0.05) is 36.0 Å². The zero-order valence-corrected chi connectivity index (χ0v) is 30.8. The molecule has 52 heavy (non-hydrogen) atoms. The van der Waals surface area contributed by atoms with Crippen molar-refractivity contribution in [3.8, 4) is 22.4 Å². The van der Waals surface area contributed by atoms with Crippen molar-refractivity contribution in [2.75, 3.05) is 0 Å². The van der Waals surface area contributed by atoms with Gasteiger partial charge in [-0.1, -0.05) is 48.5 Å². The maximum Gasteiger partial charge on any atom is 0.411 e. The number of allylic oxidation sites excluding steroid dienone is 1. The van der Waals surface area contributed by atoms with Gasteiger partial charge < -0.3 is 14.5 Å². The Bertz CT molecular complexity index is 2150. The minimum absolute atomic E-state index is 0.0207. The zero-order valence-electron chi connectivity index (χ0n) is 30.8. The maximum atomic E-state index is 13.1. The molecule has 9 nitrogen and oxygen atoms in total. The van der Waals surface area contributed by atoms with E-state index in [1.54, 1.807) is 0 Å². The lowest BCUT2D eigenvalue weighted by Gasteiger charge is -2.30. The highest BCUT2D eigenvalue weighted by atomic mass is 16.6. The van der Waals surface area contributed by atoms with Crippen molar-refractivity contribution in [3.05, 3.63) is 84.4 Å². The molecule has 4 heterocycles. The summed E-state index contributed by atoms with van der Waals surface area (Å²) < 4.78 is 11.5. The Kier molecular flexibility index (Phi) is 7.48. The first kappa shape index (κ1) is 33.0. The van der Waals surface area contributed by atoms with Gasteiger partial charge in [0.25, 0.3) is 0 Å². The van der Waals surface area contributed by atoms with Crippen LogP contribution in [0.25, 0.3) is 38.7 Å². The lowest BCUT2D eigenvalue weighted by molar-refractivity contribution is 0.0173. The van der Waals surface area contributed by atoms with Gasteiger partial charge in [-0.3, -0.25) is 14.8 Å². The van der Waals surface area contributed by atoms with Gasteiger partial charge in [-0.05, 0) is 124 Å². The summed E-state index contributed by atoms with van der Waals surface area (Å²) in [7, 11) is 0. The number of carbonyl (C=O) groups is 2. The van der Waals surface area contributed by atoms with E-state index in [1.807, 2.05) is 63.7 Å². The summed E-state index contributed by atoms with van der Waals surface area (Å²) >= 11 is 0. The molecule has 1 aromatic heterocycles. The third kappa shape index (κ3) is 6.18. The molecular weight excluding hydrogens is 651 g/mol. The van der Waals surface area contributed by atoms with Crippen molar-refractivity contribution in [2.24, 2.45) is 16.8 Å². The highest BCUT2D eigenvalue weighted by molar-refractivity contribution is 6.03. The predicted molar refractivity (Wildman–Crippen MR) is 203 cm³/mol. The number of aromatic amines is 1. The number of fused-ring (bicyclic) bond motifs is 3. The van der Waals surface area contributed by atoms with Gasteiger partial charge >= 0.3 is 12.2 Å². The molecule has 2 saturated heterocycles. The molecule has 3 aromatic carbocycles. The van der Waals surface area contributed by atoms with Gasteiger partial charge in [0.2, 0.25) is 0 Å². The number of H-pyrrole nitrogens is 1. The minimum Gasteiger partial charge on any atom is -0.444 e. The van der Waals surface area contributed by atoms with Gasteiger partial charge in [0.15, 0.2) is 0 Å². The summed E-state index contributed by atoms with van der Waals surface area (Å²) in [5, 5.41) is 2.31. The summed E-state index contributed by atoms with van der Waals surface area (Å²) in [6.07, 6.45) is 8.16. The average molecular weight is 698 g/mol. The molecule has 1 N–H and O–H groups in total. The van der Waals surface area contributed by atoms with Gasteiger partial charge in [0.05, 0.1) is 24.0 Å². The largest absolute Gasteiger partial charge is 0.444 e. The zero-order chi connectivity index (χ0) is 36.1. The van der Waals surface area contributed by atoms with Crippen LogP contribution in [-0.4, -0.2) is 67.0 Å². The average Bonchev–Trinajstić information content (AvgIpc) is 3.68. The molecule has 0 unspecified atom stereocenters. The number of carbonyl (C=O) groups excluding carboxylic acids is 2. The highest BCUT2D eigenvalue weighted by Crippen LogP contribution is 2.54. The van der Waals surface area contributed by atoms with Crippen LogP contribution in [0.1, 0.15) is 91.1 Å². The summed E-state index contributed by atoms with van der Waals surface area (Å²) in [4.78, 5) is 43.1. The van der Waals surface area contributed by atoms with Crippen molar-refractivity contribution in [1.82, 2.24) is 19.8 Å². The number of benzene rings is 3. The number of imidazole rings is 1. The number of nitrogens with zero attached hydrogens (tertiary/aromatic N) is 4. The number of likely N-dealkylation sites (tertiary alicyclic amines) is 2. The first-order valence-electron chi connectivity index (χ1n) is 18.8. The molecule has 2 saturated carbocycles. The number of aromatic nitrogens is 2. The normalized spacial score (nSPS) is 26.2. The summed E-state index contributed by atoms with van der Waals surface area (Å²) in [5.74, 6) is 1.92. The van der Waals surface area contributed by atoms with Gasteiger partial charge in [-0.15, -0.1) is 0 Å². The molecule has 6 atom stereocenters. The molecule has 2 amide bonds. The van der Waals surface area contributed by atoms with E-state index >= 15 is 0 Å². The summed E-state index contributed by atoms with van der Waals surface area (Å²) in [6.45, 7) is 11.5. The molecule has 0 bridgehead atoms. The van der Waals surface area contributed by atoms with E-state index in [0.717, 1.165) is 82.4 Å². The number of hydrogen-bond donors (Lipinski definition) is 1. The standard InChI is InChI=1S/C43H47N5O4/c1-42(2,3)51-40(49)47-35-18-30(35)20-37(47)33-17-32(22-44-33)25-9-7-24(8-10-25)26-11-12-28-16-29(14-13-27(28)15-26)34-23-45-39(46-34)38-21-31-19-36(31)48(38)41(50)52-43(4,5)6/h7-16,22-23,30-31,35-38H,17-21H2,1-6H3,(H,45,46)/t30-,31-,35-,36-,37-,38-/m0/s1. The van der Waals surface area contributed by atoms with E-state index in [4.69, 9.17) is 19.5 Å². The SMILES string of the molecule is CC(C)(C)OC(=O)N1[C@H](C2=NC=C(c3ccc(-c4ccc5cc(-c6cnc([C@@H]7C[C@@H]8C[C@@H]8N7C(=O)OC(C)(C)C)[nH]6)ccc5c4)cc3)C2)C[C@@H]2C[C@@H]21. The van der Waals surface area contributed by atoms with E-state index in [0.29, 0.717) is 17.9 Å². The highest BCUT2D eigenvalue weighted by Gasteiger charge is 2.57. The second-order valence-corrected chi connectivity index (χ2v) is 17.4. The fraction of sp³-hybridized carbons (Fsp3) is 0.442. The molecular formula is C43H47N5O4. The first-order valence-corrected chi connectivity index (χ1v) is 18.8. The van der Waals surface area contributed by atoms with Crippen LogP contribution in [-0.2, 0) is 9.47 Å². The van der Waals surface area contributed by atoms with Crippen LogP contribution < -0.4 is 0 Å². The quantitative estimate of drug-likeness (QED) is 0.224. The van der Waals surface area contributed by atoms with Crippen LogP contribution in [0.2, 0.25) is 0 Å². The molecule has 2 aliphatic carbocycles. The Balaban J connectivity index is 0.864.